The summed E-state index contributed by atoms with van der Waals surface area (Å²) in [7, 11) is 3.00. The summed E-state index contributed by atoms with van der Waals surface area (Å²) in [5.41, 5.74) is 1.23. The largest absolute Gasteiger partial charge is 0.495 e. The zero-order chi connectivity index (χ0) is 22.9. The molecule has 0 unspecified atom stereocenters. The number of carbonyl (C=O) groups is 2. The number of methoxy groups -OCH3 is 2. The Morgan fingerprint density at radius 3 is 2.47 bits per heavy atom. The third-order valence-electron chi connectivity index (χ3n) is 4.98. The quantitative estimate of drug-likeness (QED) is 0.505. The van der Waals surface area contributed by atoms with Crippen LogP contribution in [0, 0.1) is 11.3 Å². The first kappa shape index (κ1) is 22.7. The number of para-hydroxylation sites is 2. The van der Waals surface area contributed by atoms with Gasteiger partial charge in [0, 0.05) is 13.1 Å². The highest BCUT2D eigenvalue weighted by Crippen LogP contribution is 2.29. The van der Waals surface area contributed by atoms with E-state index in [4.69, 9.17) is 14.2 Å². The molecule has 1 saturated heterocycles. The lowest BCUT2D eigenvalue weighted by Crippen LogP contribution is -2.28. The highest BCUT2D eigenvalue weighted by Gasteiger charge is 2.21. The van der Waals surface area contributed by atoms with Crippen LogP contribution >= 0.6 is 0 Å². The normalized spacial score (nSPS) is 13.3. The SMILES string of the molecule is COc1ccccc1NC(=O)COc1ccc(/C=C(\C#N)C(=O)N2CCCC2)cc1OC. The van der Waals surface area contributed by atoms with Crippen LogP contribution in [0.25, 0.3) is 6.08 Å². The number of rotatable bonds is 8. The Balaban J connectivity index is 1.67. The molecule has 1 aliphatic heterocycles. The molecule has 8 heteroatoms. The van der Waals surface area contributed by atoms with Gasteiger partial charge in [-0.25, -0.2) is 0 Å². The zero-order valence-electron chi connectivity index (χ0n) is 18.1. The molecule has 0 atom stereocenters. The van der Waals surface area contributed by atoms with Gasteiger partial charge < -0.3 is 24.4 Å². The molecule has 0 spiro atoms. The van der Waals surface area contributed by atoms with Crippen LogP contribution in [0.15, 0.2) is 48.0 Å². The third-order valence-corrected chi connectivity index (χ3v) is 4.98. The van der Waals surface area contributed by atoms with Crippen LogP contribution < -0.4 is 19.5 Å². The minimum atomic E-state index is -0.358. The maximum absolute atomic E-state index is 12.5. The molecule has 166 valence electrons. The molecule has 2 amide bonds. The van der Waals surface area contributed by atoms with Gasteiger partial charge in [-0.3, -0.25) is 9.59 Å². The van der Waals surface area contributed by atoms with Gasteiger partial charge in [-0.15, -0.1) is 0 Å². The summed E-state index contributed by atoms with van der Waals surface area (Å²) in [5.74, 6) is 0.672. The number of hydrogen-bond acceptors (Lipinski definition) is 6. The fraction of sp³-hybridized carbons (Fsp3) is 0.292. The minimum absolute atomic E-state index is 0.0683. The van der Waals surface area contributed by atoms with Gasteiger partial charge in [0.25, 0.3) is 11.8 Å². The summed E-state index contributed by atoms with van der Waals surface area (Å²) in [4.78, 5) is 26.5. The van der Waals surface area contributed by atoms with Crippen molar-refractivity contribution in [3.63, 3.8) is 0 Å². The molecule has 0 aliphatic carbocycles. The number of nitriles is 1. The topological polar surface area (TPSA) is 101 Å². The molecule has 1 aliphatic rings. The molecule has 0 aromatic heterocycles. The molecular formula is C24H25N3O5. The lowest BCUT2D eigenvalue weighted by molar-refractivity contribution is -0.125. The monoisotopic (exact) mass is 435 g/mol. The van der Waals surface area contributed by atoms with Gasteiger partial charge in [-0.05, 0) is 48.7 Å². The molecule has 0 radical (unpaired) electrons. The molecule has 1 fully saturated rings. The molecule has 2 aromatic rings. The van der Waals surface area contributed by atoms with Crippen molar-refractivity contribution >= 4 is 23.6 Å². The second kappa shape index (κ2) is 10.9. The van der Waals surface area contributed by atoms with Crippen molar-refractivity contribution in [3.05, 3.63) is 53.6 Å². The van der Waals surface area contributed by atoms with E-state index in [9.17, 15) is 14.9 Å². The van der Waals surface area contributed by atoms with E-state index in [0.717, 1.165) is 12.8 Å². The molecule has 0 saturated carbocycles. The summed E-state index contributed by atoms with van der Waals surface area (Å²) < 4.78 is 16.2. The van der Waals surface area contributed by atoms with Crippen LogP contribution in [0.1, 0.15) is 18.4 Å². The van der Waals surface area contributed by atoms with Crippen molar-refractivity contribution in [2.45, 2.75) is 12.8 Å². The van der Waals surface area contributed by atoms with Crippen LogP contribution in [0.4, 0.5) is 5.69 Å². The van der Waals surface area contributed by atoms with Crippen molar-refractivity contribution in [2.75, 3.05) is 39.2 Å². The number of nitrogens with one attached hydrogen (secondary N) is 1. The number of carbonyl (C=O) groups excluding carboxylic acids is 2. The molecule has 2 aromatic carbocycles. The Kier molecular flexibility index (Phi) is 7.70. The van der Waals surface area contributed by atoms with Crippen LogP contribution in [-0.2, 0) is 9.59 Å². The second-order valence-corrected chi connectivity index (χ2v) is 7.12. The van der Waals surface area contributed by atoms with Gasteiger partial charge in [0.05, 0.1) is 19.9 Å². The maximum atomic E-state index is 12.5. The highest BCUT2D eigenvalue weighted by atomic mass is 16.5. The number of amides is 2. The van der Waals surface area contributed by atoms with Crippen molar-refractivity contribution in [1.29, 1.82) is 5.26 Å². The Labute approximate surface area is 187 Å². The molecule has 8 nitrogen and oxygen atoms in total. The summed E-state index contributed by atoms with van der Waals surface area (Å²) >= 11 is 0. The summed E-state index contributed by atoms with van der Waals surface area (Å²) in [5, 5.41) is 12.2. The molecule has 1 N–H and O–H groups in total. The molecular weight excluding hydrogens is 410 g/mol. The van der Waals surface area contributed by atoms with E-state index in [1.807, 2.05) is 12.1 Å². The van der Waals surface area contributed by atoms with Crippen molar-refractivity contribution < 1.29 is 23.8 Å². The predicted octanol–water partition coefficient (Wildman–Crippen LogP) is 3.25. The van der Waals surface area contributed by atoms with Gasteiger partial charge in [0.15, 0.2) is 18.1 Å². The van der Waals surface area contributed by atoms with Gasteiger partial charge in [-0.1, -0.05) is 18.2 Å². The summed E-state index contributed by atoms with van der Waals surface area (Å²) in [6.45, 7) is 1.11. The average Bonchev–Trinajstić information content (AvgIpc) is 3.36. The van der Waals surface area contributed by atoms with Crippen LogP contribution in [-0.4, -0.2) is 50.6 Å². The fourth-order valence-electron chi connectivity index (χ4n) is 3.37. The molecule has 3 rings (SSSR count). The molecule has 0 bridgehead atoms. The maximum Gasteiger partial charge on any atom is 0.264 e. The van der Waals surface area contributed by atoms with Gasteiger partial charge in [-0.2, -0.15) is 5.26 Å². The summed E-state index contributed by atoms with van der Waals surface area (Å²) in [6.07, 6.45) is 3.44. The van der Waals surface area contributed by atoms with Crippen molar-refractivity contribution in [3.8, 4) is 23.3 Å². The average molecular weight is 435 g/mol. The number of benzene rings is 2. The third kappa shape index (κ3) is 5.58. The number of hydrogen-bond donors (Lipinski definition) is 1. The van der Waals surface area contributed by atoms with E-state index in [2.05, 4.69) is 5.32 Å². The van der Waals surface area contributed by atoms with E-state index in [1.54, 1.807) is 41.3 Å². The van der Waals surface area contributed by atoms with Crippen molar-refractivity contribution in [2.24, 2.45) is 0 Å². The Hall–Kier alpha value is -3.99. The molecule has 32 heavy (non-hydrogen) atoms. The minimum Gasteiger partial charge on any atom is -0.495 e. The predicted molar refractivity (Wildman–Crippen MR) is 120 cm³/mol. The van der Waals surface area contributed by atoms with Gasteiger partial charge >= 0.3 is 0 Å². The smallest absolute Gasteiger partial charge is 0.264 e. The highest BCUT2D eigenvalue weighted by molar-refractivity contribution is 6.01. The number of likely N-dealkylation sites (tertiary alicyclic amines) is 1. The summed E-state index contributed by atoms with van der Waals surface area (Å²) in [6, 6.07) is 14.0. The van der Waals surface area contributed by atoms with Crippen LogP contribution in [0.5, 0.6) is 17.2 Å². The zero-order valence-corrected chi connectivity index (χ0v) is 18.1. The van der Waals surface area contributed by atoms with Crippen molar-refractivity contribution in [1.82, 2.24) is 4.90 Å². The van der Waals surface area contributed by atoms with E-state index in [-0.39, 0.29) is 24.0 Å². The first-order chi connectivity index (χ1) is 15.5. The standard InChI is InChI=1S/C24H25N3O5/c1-30-20-8-4-3-7-19(20)26-23(28)16-32-21-10-9-17(14-22(21)31-2)13-18(15-25)24(29)27-11-5-6-12-27/h3-4,7-10,13-14H,5-6,11-12,16H2,1-2H3,(H,26,28)/b18-13+. The Morgan fingerprint density at radius 1 is 1.06 bits per heavy atom. The Morgan fingerprint density at radius 2 is 1.78 bits per heavy atom. The number of anilines is 1. The molecule has 1 heterocycles. The lowest BCUT2D eigenvalue weighted by Gasteiger charge is -2.14. The van der Waals surface area contributed by atoms with E-state index < -0.39 is 0 Å². The first-order valence-corrected chi connectivity index (χ1v) is 10.2. The Bertz CT molecular complexity index is 1050. The second-order valence-electron chi connectivity index (χ2n) is 7.12. The van der Waals surface area contributed by atoms with Gasteiger partial charge in [0.2, 0.25) is 0 Å². The first-order valence-electron chi connectivity index (χ1n) is 10.2. The van der Waals surface area contributed by atoms with E-state index >= 15 is 0 Å². The fourth-order valence-corrected chi connectivity index (χ4v) is 3.37. The number of nitrogens with zero attached hydrogens (tertiary/aromatic N) is 2. The van der Waals surface area contributed by atoms with E-state index in [0.29, 0.717) is 41.6 Å². The lowest BCUT2D eigenvalue weighted by atomic mass is 10.1. The number of ether oxygens (including phenoxy) is 3. The van der Waals surface area contributed by atoms with E-state index in [1.165, 1.54) is 20.3 Å². The van der Waals surface area contributed by atoms with Crippen LogP contribution in [0.2, 0.25) is 0 Å². The van der Waals surface area contributed by atoms with Gasteiger partial charge in [0.1, 0.15) is 17.4 Å². The van der Waals surface area contributed by atoms with Crippen LogP contribution in [0.3, 0.4) is 0 Å².